The van der Waals surface area contributed by atoms with Gasteiger partial charge in [-0.25, -0.2) is 0 Å². The zero-order valence-electron chi connectivity index (χ0n) is 12.8. The Morgan fingerprint density at radius 2 is 0.706 bits per heavy atom. The Balaban J connectivity index is 4.95. The summed E-state index contributed by atoms with van der Waals surface area (Å²) in [6, 6.07) is 0. The summed E-state index contributed by atoms with van der Waals surface area (Å²) in [5.74, 6) is 0. The summed E-state index contributed by atoms with van der Waals surface area (Å²) >= 11 is 0. The first-order valence-corrected chi connectivity index (χ1v) is 18.0. The Morgan fingerprint density at radius 1 is 0.529 bits per heavy atom. The van der Waals surface area contributed by atoms with Gasteiger partial charge in [0, 0.05) is 0 Å². The number of rotatable bonds is 6. The van der Waals surface area contributed by atoms with Gasteiger partial charge in [0.15, 0.2) is 25.0 Å². The second-order valence-electron chi connectivity index (χ2n) is 7.25. The topological polar surface area (TPSA) is 53.7 Å². The molecule has 0 saturated heterocycles. The van der Waals surface area contributed by atoms with Gasteiger partial charge in [0.1, 0.15) is 0 Å². The average Bonchev–Trinajstić information content (AvgIpc) is 1.65. The second kappa shape index (κ2) is 5.37. The smallest absolute Gasteiger partial charge is 0.405 e. The highest BCUT2D eigenvalue weighted by molar-refractivity contribution is 6.88. The molecule has 0 atom stereocenters. The maximum Gasteiger partial charge on any atom is 0.562 e. The molecule has 0 unspecified atom stereocenters. The van der Waals surface area contributed by atoms with E-state index in [-0.39, 0.29) is 0 Å². The molecular formula is C9H29NO3Si4. The summed E-state index contributed by atoms with van der Waals surface area (Å²) < 4.78 is 18.2. The predicted molar refractivity (Wildman–Crippen MR) is 83.2 cm³/mol. The van der Waals surface area contributed by atoms with Gasteiger partial charge in [0.05, 0.1) is 0 Å². The van der Waals surface area contributed by atoms with Crippen LogP contribution in [0.1, 0.15) is 0 Å². The first-order chi connectivity index (χ1) is 7.12. The molecule has 0 aliphatic carbocycles. The van der Waals surface area contributed by atoms with Crippen molar-refractivity contribution in [3.8, 4) is 0 Å². The van der Waals surface area contributed by atoms with Crippen LogP contribution in [-0.4, -0.2) is 33.9 Å². The van der Waals surface area contributed by atoms with Crippen LogP contribution in [0.2, 0.25) is 58.9 Å². The molecule has 0 bridgehead atoms. The molecule has 0 amide bonds. The number of hydrogen-bond donors (Lipinski definition) is 1. The molecule has 4 nitrogen and oxygen atoms in total. The lowest BCUT2D eigenvalue weighted by atomic mass is 11.8. The van der Waals surface area contributed by atoms with Gasteiger partial charge in [-0.05, 0) is 58.9 Å². The molecule has 0 aromatic carbocycles. The first-order valence-electron chi connectivity index (χ1n) is 6.01. The van der Waals surface area contributed by atoms with Crippen molar-refractivity contribution in [3.63, 3.8) is 0 Å². The van der Waals surface area contributed by atoms with Crippen molar-refractivity contribution in [1.29, 1.82) is 0 Å². The minimum absolute atomic E-state index is 1.76. The van der Waals surface area contributed by atoms with Crippen molar-refractivity contribution in [3.05, 3.63) is 0 Å². The number of hydrogen-bond acceptors (Lipinski definition) is 4. The zero-order valence-corrected chi connectivity index (χ0v) is 16.8. The SMILES string of the molecule is C[Si](C)(C)O[Si](N)(O[Si](C)(C)C)O[Si](C)(C)C. The quantitative estimate of drug-likeness (QED) is 0.766. The fourth-order valence-corrected chi connectivity index (χ4v) is 13.2. The lowest BCUT2D eigenvalue weighted by Crippen LogP contribution is -2.66. The van der Waals surface area contributed by atoms with Gasteiger partial charge in [0.2, 0.25) is 0 Å². The van der Waals surface area contributed by atoms with Gasteiger partial charge in [0.25, 0.3) is 0 Å². The molecule has 0 spiro atoms. The molecule has 0 aromatic rings. The average molecular weight is 312 g/mol. The molecule has 0 fully saturated rings. The molecule has 2 N–H and O–H groups in total. The molecule has 0 rings (SSSR count). The van der Waals surface area contributed by atoms with Gasteiger partial charge in [-0.15, -0.1) is 0 Å². The van der Waals surface area contributed by atoms with E-state index < -0.39 is 33.9 Å². The van der Waals surface area contributed by atoms with Crippen molar-refractivity contribution in [1.82, 2.24) is 0 Å². The molecule has 17 heavy (non-hydrogen) atoms. The third-order valence-corrected chi connectivity index (χ3v) is 12.1. The van der Waals surface area contributed by atoms with Crippen LogP contribution in [-0.2, 0) is 12.3 Å². The normalized spacial score (nSPS) is 15.2. The fourth-order valence-electron chi connectivity index (χ4n) is 1.34. The Labute approximate surface area is 111 Å². The summed E-state index contributed by atoms with van der Waals surface area (Å²) in [6.45, 7) is 19.0. The van der Waals surface area contributed by atoms with E-state index in [4.69, 9.17) is 17.7 Å². The molecule has 0 aliphatic rings. The van der Waals surface area contributed by atoms with E-state index in [2.05, 4.69) is 58.9 Å². The van der Waals surface area contributed by atoms with Crippen LogP contribution >= 0.6 is 0 Å². The highest BCUT2D eigenvalue weighted by atomic mass is 28.5. The Hall–Kier alpha value is 0.708. The molecule has 0 aliphatic heterocycles. The van der Waals surface area contributed by atoms with Gasteiger partial charge in [-0.1, -0.05) is 0 Å². The van der Waals surface area contributed by atoms with E-state index in [1.165, 1.54) is 0 Å². The Bertz CT molecular complexity index is 214. The molecule has 0 aromatic heterocycles. The second-order valence-corrected chi connectivity index (χ2v) is 23.6. The lowest BCUT2D eigenvalue weighted by Gasteiger charge is -2.39. The summed E-state index contributed by atoms with van der Waals surface area (Å²) in [7, 11) is -8.25. The number of nitrogens with two attached hydrogens (primary N) is 1. The molecule has 0 heterocycles. The maximum atomic E-state index is 6.33. The van der Waals surface area contributed by atoms with Crippen molar-refractivity contribution in [2.75, 3.05) is 0 Å². The predicted octanol–water partition coefficient (Wildman–Crippen LogP) is 2.94. The van der Waals surface area contributed by atoms with E-state index in [9.17, 15) is 0 Å². The Morgan fingerprint density at radius 3 is 0.824 bits per heavy atom. The van der Waals surface area contributed by atoms with Crippen molar-refractivity contribution in [2.24, 2.45) is 5.40 Å². The molecule has 0 saturated carbocycles. The molecular weight excluding hydrogens is 282 g/mol. The summed E-state index contributed by atoms with van der Waals surface area (Å²) in [6.07, 6.45) is 0. The monoisotopic (exact) mass is 311 g/mol. The molecule has 104 valence electrons. The largest absolute Gasteiger partial charge is 0.562 e. The van der Waals surface area contributed by atoms with E-state index >= 15 is 0 Å². The highest BCUT2D eigenvalue weighted by Crippen LogP contribution is 2.21. The maximum absolute atomic E-state index is 6.33. The van der Waals surface area contributed by atoms with Crippen LogP contribution in [0, 0.1) is 0 Å². The minimum atomic E-state index is -2.97. The van der Waals surface area contributed by atoms with Crippen LogP contribution < -0.4 is 5.40 Å². The van der Waals surface area contributed by atoms with Crippen LogP contribution in [0.5, 0.6) is 0 Å². The molecule has 8 heteroatoms. The van der Waals surface area contributed by atoms with Crippen LogP contribution in [0.25, 0.3) is 0 Å². The summed E-state index contributed by atoms with van der Waals surface area (Å²) in [4.78, 5) is 0. The first kappa shape index (κ1) is 17.7. The van der Waals surface area contributed by atoms with Gasteiger partial charge < -0.3 is 12.3 Å². The van der Waals surface area contributed by atoms with E-state index in [1.54, 1.807) is 0 Å². The van der Waals surface area contributed by atoms with Crippen molar-refractivity contribution >= 4 is 33.9 Å². The van der Waals surface area contributed by atoms with Crippen LogP contribution in [0.3, 0.4) is 0 Å². The Kier molecular flexibility index (Phi) is 5.59. The van der Waals surface area contributed by atoms with Crippen LogP contribution in [0.4, 0.5) is 0 Å². The summed E-state index contributed by atoms with van der Waals surface area (Å²) in [5.41, 5.74) is 0. The van der Waals surface area contributed by atoms with E-state index in [1.807, 2.05) is 0 Å². The van der Waals surface area contributed by atoms with Crippen molar-refractivity contribution in [2.45, 2.75) is 58.9 Å². The van der Waals surface area contributed by atoms with Crippen molar-refractivity contribution < 1.29 is 12.3 Å². The third kappa shape index (κ3) is 10.3. The highest BCUT2D eigenvalue weighted by Gasteiger charge is 2.47. The van der Waals surface area contributed by atoms with Crippen LogP contribution in [0.15, 0.2) is 0 Å². The van der Waals surface area contributed by atoms with Gasteiger partial charge in [-0.2, -0.15) is 0 Å². The molecule has 0 radical (unpaired) electrons. The van der Waals surface area contributed by atoms with E-state index in [0.29, 0.717) is 0 Å². The minimum Gasteiger partial charge on any atom is -0.405 e. The fraction of sp³-hybridized carbons (Fsp3) is 1.00. The van der Waals surface area contributed by atoms with E-state index in [0.717, 1.165) is 0 Å². The third-order valence-electron chi connectivity index (χ3n) is 1.35. The summed E-state index contributed by atoms with van der Waals surface area (Å²) in [5, 5.41) is 6.33. The standard InChI is InChI=1S/C9H29NO3Si4/c1-14(2,3)11-17(10,12-15(4,5)6)13-16(7,8)9/h10H2,1-9H3. The zero-order chi connectivity index (χ0) is 14.1. The lowest BCUT2D eigenvalue weighted by molar-refractivity contribution is 0.254. The van der Waals surface area contributed by atoms with Gasteiger partial charge >= 0.3 is 8.97 Å². The van der Waals surface area contributed by atoms with Gasteiger partial charge in [-0.3, -0.25) is 5.40 Å².